The summed E-state index contributed by atoms with van der Waals surface area (Å²) in [6, 6.07) is 3.65. The van der Waals surface area contributed by atoms with Crippen LogP contribution in [0.3, 0.4) is 0 Å². The summed E-state index contributed by atoms with van der Waals surface area (Å²) < 4.78 is 16.5. The minimum absolute atomic E-state index is 0.125. The minimum Gasteiger partial charge on any atom is -0.504 e. The molecule has 0 aromatic heterocycles. The van der Waals surface area contributed by atoms with E-state index in [1.807, 2.05) is 12.1 Å². The summed E-state index contributed by atoms with van der Waals surface area (Å²) in [7, 11) is 0. The molecule has 0 radical (unpaired) electrons. The van der Waals surface area contributed by atoms with Gasteiger partial charge in [0.2, 0.25) is 5.75 Å². The van der Waals surface area contributed by atoms with Crippen molar-refractivity contribution in [3.05, 3.63) is 17.7 Å². The van der Waals surface area contributed by atoms with Gasteiger partial charge < -0.3 is 24.6 Å². The molecule has 0 aliphatic carbocycles. The van der Waals surface area contributed by atoms with Gasteiger partial charge in [-0.05, 0) is 12.1 Å². The van der Waals surface area contributed by atoms with Gasteiger partial charge in [0.15, 0.2) is 11.5 Å². The summed E-state index contributed by atoms with van der Waals surface area (Å²) in [4.78, 5) is 0. The van der Waals surface area contributed by atoms with Crippen molar-refractivity contribution in [2.75, 3.05) is 32.9 Å². The van der Waals surface area contributed by atoms with Crippen LogP contribution in [0, 0.1) is 0 Å². The number of phenols is 1. The SMILES string of the molecule is Oc1c(C2CNCCO2)ccc2c1OCCO2. The highest BCUT2D eigenvalue weighted by Crippen LogP contribution is 2.43. The highest BCUT2D eigenvalue weighted by molar-refractivity contribution is 5.56. The van der Waals surface area contributed by atoms with Gasteiger partial charge in [-0.25, -0.2) is 0 Å². The second-order valence-electron chi connectivity index (χ2n) is 4.09. The van der Waals surface area contributed by atoms with Crippen LogP contribution in [0.25, 0.3) is 0 Å². The van der Waals surface area contributed by atoms with Crippen LogP contribution in [-0.4, -0.2) is 38.0 Å². The van der Waals surface area contributed by atoms with E-state index in [9.17, 15) is 5.11 Å². The Kier molecular flexibility index (Phi) is 2.78. The third kappa shape index (κ3) is 1.92. The average Bonchev–Trinajstić information content (AvgIpc) is 2.40. The topological polar surface area (TPSA) is 60.0 Å². The number of ether oxygens (including phenoxy) is 3. The molecule has 1 atom stereocenters. The van der Waals surface area contributed by atoms with E-state index in [0.717, 1.165) is 12.1 Å². The molecule has 2 aliphatic heterocycles. The Bertz CT molecular complexity index is 415. The van der Waals surface area contributed by atoms with E-state index in [1.54, 1.807) is 0 Å². The molecule has 5 heteroatoms. The first-order valence-electron chi connectivity index (χ1n) is 5.80. The molecule has 17 heavy (non-hydrogen) atoms. The third-order valence-corrected chi connectivity index (χ3v) is 2.99. The molecule has 3 rings (SSSR count). The Morgan fingerprint density at radius 3 is 2.88 bits per heavy atom. The summed E-state index contributed by atoms with van der Waals surface area (Å²) in [5.74, 6) is 1.17. The quantitative estimate of drug-likeness (QED) is 0.757. The Balaban J connectivity index is 1.94. The van der Waals surface area contributed by atoms with Crippen molar-refractivity contribution in [2.24, 2.45) is 0 Å². The largest absolute Gasteiger partial charge is 0.504 e. The van der Waals surface area contributed by atoms with Crippen molar-refractivity contribution in [3.8, 4) is 17.2 Å². The zero-order chi connectivity index (χ0) is 11.7. The number of benzene rings is 1. The molecular weight excluding hydrogens is 222 g/mol. The van der Waals surface area contributed by atoms with Gasteiger partial charge in [0.25, 0.3) is 0 Å². The fraction of sp³-hybridized carbons (Fsp3) is 0.500. The predicted octanol–water partition coefficient (Wildman–Crippen LogP) is 0.824. The summed E-state index contributed by atoms with van der Waals surface area (Å²) in [6.07, 6.45) is -0.125. The van der Waals surface area contributed by atoms with Crippen LogP contribution in [0.15, 0.2) is 12.1 Å². The van der Waals surface area contributed by atoms with Gasteiger partial charge >= 0.3 is 0 Å². The minimum atomic E-state index is -0.125. The summed E-state index contributed by atoms with van der Waals surface area (Å²) in [5, 5.41) is 13.4. The number of nitrogens with one attached hydrogen (secondary N) is 1. The van der Waals surface area contributed by atoms with Gasteiger partial charge in [0.05, 0.1) is 12.7 Å². The smallest absolute Gasteiger partial charge is 0.203 e. The zero-order valence-corrected chi connectivity index (χ0v) is 9.44. The van der Waals surface area contributed by atoms with Gasteiger partial charge in [-0.2, -0.15) is 0 Å². The van der Waals surface area contributed by atoms with Crippen LogP contribution in [0.5, 0.6) is 17.2 Å². The maximum atomic E-state index is 10.2. The van der Waals surface area contributed by atoms with E-state index in [2.05, 4.69) is 5.32 Å². The number of hydrogen-bond donors (Lipinski definition) is 2. The van der Waals surface area contributed by atoms with E-state index in [-0.39, 0.29) is 11.9 Å². The van der Waals surface area contributed by atoms with Crippen molar-refractivity contribution in [2.45, 2.75) is 6.10 Å². The Hall–Kier alpha value is -1.46. The second-order valence-corrected chi connectivity index (χ2v) is 4.09. The van der Waals surface area contributed by atoms with Crippen LogP contribution in [-0.2, 0) is 4.74 Å². The Morgan fingerprint density at radius 1 is 1.18 bits per heavy atom. The van der Waals surface area contributed by atoms with E-state index < -0.39 is 0 Å². The average molecular weight is 237 g/mol. The first-order chi connectivity index (χ1) is 8.36. The lowest BCUT2D eigenvalue weighted by Crippen LogP contribution is -2.33. The van der Waals surface area contributed by atoms with Crippen molar-refractivity contribution < 1.29 is 19.3 Å². The highest BCUT2D eigenvalue weighted by Gasteiger charge is 2.25. The molecule has 1 unspecified atom stereocenters. The molecule has 1 aromatic carbocycles. The molecule has 1 saturated heterocycles. The van der Waals surface area contributed by atoms with Crippen LogP contribution >= 0.6 is 0 Å². The second kappa shape index (κ2) is 4.43. The number of morpholine rings is 1. The summed E-state index contributed by atoms with van der Waals surface area (Å²) >= 11 is 0. The van der Waals surface area contributed by atoms with Crippen molar-refractivity contribution in [3.63, 3.8) is 0 Å². The summed E-state index contributed by atoms with van der Waals surface area (Å²) in [5.41, 5.74) is 0.751. The van der Waals surface area contributed by atoms with E-state index >= 15 is 0 Å². The summed E-state index contributed by atoms with van der Waals surface area (Å²) in [6.45, 7) is 3.19. The van der Waals surface area contributed by atoms with Crippen LogP contribution in [0.2, 0.25) is 0 Å². The fourth-order valence-corrected chi connectivity index (χ4v) is 2.14. The third-order valence-electron chi connectivity index (χ3n) is 2.99. The van der Waals surface area contributed by atoms with E-state index in [1.165, 1.54) is 0 Å². The lowest BCUT2D eigenvalue weighted by atomic mass is 10.1. The van der Waals surface area contributed by atoms with E-state index in [0.29, 0.717) is 37.9 Å². The normalized spacial score (nSPS) is 23.4. The number of fused-ring (bicyclic) bond motifs is 1. The van der Waals surface area contributed by atoms with Crippen LogP contribution < -0.4 is 14.8 Å². The van der Waals surface area contributed by atoms with Crippen LogP contribution in [0.4, 0.5) is 0 Å². The number of phenolic OH excluding ortho intramolecular Hbond substituents is 1. The first kappa shape index (κ1) is 10.7. The van der Waals surface area contributed by atoms with E-state index in [4.69, 9.17) is 14.2 Å². The molecule has 2 aliphatic rings. The predicted molar refractivity (Wildman–Crippen MR) is 60.7 cm³/mol. The zero-order valence-electron chi connectivity index (χ0n) is 9.44. The first-order valence-corrected chi connectivity index (χ1v) is 5.80. The Morgan fingerprint density at radius 2 is 2.06 bits per heavy atom. The maximum absolute atomic E-state index is 10.2. The van der Waals surface area contributed by atoms with Gasteiger partial charge in [-0.3, -0.25) is 0 Å². The molecule has 0 spiro atoms. The molecule has 0 bridgehead atoms. The van der Waals surface area contributed by atoms with Gasteiger partial charge in [0.1, 0.15) is 13.2 Å². The lowest BCUT2D eigenvalue weighted by molar-refractivity contribution is 0.0257. The van der Waals surface area contributed by atoms with Gasteiger partial charge in [-0.15, -0.1) is 0 Å². The molecule has 2 N–H and O–H groups in total. The molecule has 5 nitrogen and oxygen atoms in total. The highest BCUT2D eigenvalue weighted by atomic mass is 16.6. The van der Waals surface area contributed by atoms with Crippen molar-refractivity contribution >= 4 is 0 Å². The maximum Gasteiger partial charge on any atom is 0.203 e. The number of rotatable bonds is 1. The molecule has 2 heterocycles. The van der Waals surface area contributed by atoms with Crippen molar-refractivity contribution in [1.29, 1.82) is 0 Å². The number of aromatic hydroxyl groups is 1. The lowest BCUT2D eigenvalue weighted by Gasteiger charge is -2.27. The molecule has 92 valence electrons. The molecule has 1 fully saturated rings. The monoisotopic (exact) mass is 237 g/mol. The van der Waals surface area contributed by atoms with Crippen LogP contribution in [0.1, 0.15) is 11.7 Å². The van der Waals surface area contributed by atoms with Crippen molar-refractivity contribution in [1.82, 2.24) is 5.32 Å². The van der Waals surface area contributed by atoms with Gasteiger partial charge in [-0.1, -0.05) is 0 Å². The standard InChI is InChI=1S/C12H15NO4/c14-11-8(10-7-13-3-4-15-10)1-2-9-12(11)17-6-5-16-9/h1-2,10,13-14H,3-7H2. The Labute approximate surface area is 99.3 Å². The molecule has 1 aromatic rings. The molecular formula is C12H15NO4. The fourth-order valence-electron chi connectivity index (χ4n) is 2.14. The van der Waals surface area contributed by atoms with Gasteiger partial charge in [0, 0.05) is 18.7 Å². The number of hydrogen-bond acceptors (Lipinski definition) is 5. The molecule has 0 saturated carbocycles. The molecule has 0 amide bonds.